The van der Waals surface area contributed by atoms with E-state index in [1.54, 1.807) is 30.3 Å². The average Bonchev–Trinajstić information content (AvgIpc) is 2.87. The summed E-state index contributed by atoms with van der Waals surface area (Å²) in [6.07, 6.45) is 1.47. The van der Waals surface area contributed by atoms with Crippen molar-refractivity contribution in [3.63, 3.8) is 0 Å². The Hall–Kier alpha value is -2.74. The van der Waals surface area contributed by atoms with E-state index in [0.717, 1.165) is 4.90 Å². The van der Waals surface area contributed by atoms with Crippen molar-refractivity contribution in [2.45, 2.75) is 0 Å². The maximum atomic E-state index is 12.3. The van der Waals surface area contributed by atoms with E-state index in [-0.39, 0.29) is 30.3 Å². The molecule has 0 saturated heterocycles. The van der Waals surface area contributed by atoms with Crippen molar-refractivity contribution in [3.8, 4) is 5.75 Å². The van der Waals surface area contributed by atoms with Gasteiger partial charge in [0.1, 0.15) is 11.4 Å². The lowest BCUT2D eigenvalue weighted by Gasteiger charge is -2.14. The maximum Gasteiger partial charge on any atom is 0.280 e. The highest BCUT2D eigenvalue weighted by Crippen LogP contribution is 2.22. The van der Waals surface area contributed by atoms with Crippen molar-refractivity contribution in [2.75, 3.05) is 20.2 Å². The Bertz CT molecular complexity index is 834. The van der Waals surface area contributed by atoms with Crippen LogP contribution in [0.4, 0.5) is 0 Å². The standard InChI is InChI=1S/C17H14BrN3O4/c1-25-10-4-5-13(18)12(9-10)15(22)20-7-8-21-16(23)11-3-2-6-19-14(11)17(21)24/h2-6,9H,7-8H2,1H3,(H,20,22). The van der Waals surface area contributed by atoms with Gasteiger partial charge in [0.2, 0.25) is 0 Å². The molecule has 0 spiro atoms. The molecule has 128 valence electrons. The van der Waals surface area contributed by atoms with Crippen LogP contribution in [0.2, 0.25) is 0 Å². The number of rotatable bonds is 5. The normalized spacial score (nSPS) is 13.0. The number of hydrogen-bond acceptors (Lipinski definition) is 5. The van der Waals surface area contributed by atoms with Crippen molar-refractivity contribution < 1.29 is 19.1 Å². The van der Waals surface area contributed by atoms with Crippen LogP contribution in [-0.2, 0) is 0 Å². The summed E-state index contributed by atoms with van der Waals surface area (Å²) in [6, 6.07) is 8.21. The number of fused-ring (bicyclic) bond motifs is 1. The van der Waals surface area contributed by atoms with Crippen molar-refractivity contribution in [1.82, 2.24) is 15.2 Å². The van der Waals surface area contributed by atoms with E-state index in [4.69, 9.17) is 4.74 Å². The second-order valence-corrected chi connectivity index (χ2v) is 6.12. The van der Waals surface area contributed by atoms with Crippen LogP contribution in [0.5, 0.6) is 5.75 Å². The third-order valence-electron chi connectivity index (χ3n) is 3.77. The molecule has 0 unspecified atom stereocenters. The minimum absolute atomic E-state index is 0.0708. The zero-order chi connectivity index (χ0) is 18.0. The summed E-state index contributed by atoms with van der Waals surface area (Å²) in [5, 5.41) is 2.69. The van der Waals surface area contributed by atoms with Crippen molar-refractivity contribution in [2.24, 2.45) is 0 Å². The van der Waals surface area contributed by atoms with Crippen LogP contribution in [0.15, 0.2) is 41.0 Å². The molecule has 0 aliphatic carbocycles. The van der Waals surface area contributed by atoms with Crippen LogP contribution in [0.3, 0.4) is 0 Å². The van der Waals surface area contributed by atoms with Gasteiger partial charge < -0.3 is 10.1 Å². The van der Waals surface area contributed by atoms with Crippen LogP contribution < -0.4 is 10.1 Å². The first-order valence-corrected chi connectivity index (χ1v) is 8.25. The Morgan fingerprint density at radius 2 is 2.08 bits per heavy atom. The van der Waals surface area contributed by atoms with E-state index < -0.39 is 11.8 Å². The molecule has 2 aromatic rings. The number of carbonyl (C=O) groups excluding carboxylic acids is 3. The quantitative estimate of drug-likeness (QED) is 0.769. The SMILES string of the molecule is COc1ccc(Br)c(C(=O)NCCN2C(=O)c3cccnc3C2=O)c1. The van der Waals surface area contributed by atoms with E-state index in [1.165, 1.54) is 13.3 Å². The molecule has 2 heterocycles. The zero-order valence-electron chi connectivity index (χ0n) is 13.3. The van der Waals surface area contributed by atoms with Crippen LogP contribution in [0.25, 0.3) is 0 Å². The summed E-state index contributed by atoms with van der Waals surface area (Å²) in [6.45, 7) is 0.204. The molecule has 0 saturated carbocycles. The van der Waals surface area contributed by atoms with Crippen LogP contribution in [0.1, 0.15) is 31.2 Å². The first-order valence-electron chi connectivity index (χ1n) is 7.46. The predicted octanol–water partition coefficient (Wildman–Crippen LogP) is 1.88. The first-order chi connectivity index (χ1) is 12.0. The number of pyridine rings is 1. The molecule has 1 aromatic heterocycles. The van der Waals surface area contributed by atoms with Gasteiger partial charge in [-0.15, -0.1) is 0 Å². The van der Waals surface area contributed by atoms with Gasteiger partial charge in [-0.1, -0.05) is 0 Å². The predicted molar refractivity (Wildman–Crippen MR) is 92.6 cm³/mol. The van der Waals surface area contributed by atoms with Crippen LogP contribution in [-0.4, -0.2) is 47.8 Å². The number of imide groups is 1. The summed E-state index contributed by atoms with van der Waals surface area (Å²) >= 11 is 3.31. The zero-order valence-corrected chi connectivity index (χ0v) is 14.9. The minimum Gasteiger partial charge on any atom is -0.497 e. The topological polar surface area (TPSA) is 88.6 Å². The second kappa shape index (κ2) is 7.02. The van der Waals surface area contributed by atoms with Gasteiger partial charge in [-0.05, 0) is 46.3 Å². The molecule has 3 rings (SSSR count). The van der Waals surface area contributed by atoms with Gasteiger partial charge in [0.05, 0.1) is 18.2 Å². The van der Waals surface area contributed by atoms with Gasteiger partial charge in [-0.3, -0.25) is 24.3 Å². The fraction of sp³-hybridized carbons (Fsp3) is 0.176. The lowest BCUT2D eigenvalue weighted by atomic mass is 10.2. The molecular formula is C17H14BrN3O4. The number of nitrogens with one attached hydrogen (secondary N) is 1. The number of nitrogens with zero attached hydrogens (tertiary/aromatic N) is 2. The largest absolute Gasteiger partial charge is 0.497 e. The molecule has 0 bridgehead atoms. The van der Waals surface area contributed by atoms with Crippen LogP contribution in [0, 0.1) is 0 Å². The number of carbonyl (C=O) groups is 3. The first kappa shape index (κ1) is 17.1. The summed E-state index contributed by atoms with van der Waals surface area (Å²) in [5.41, 5.74) is 0.840. The lowest BCUT2D eigenvalue weighted by molar-refractivity contribution is 0.0648. The van der Waals surface area contributed by atoms with Gasteiger partial charge in [0.25, 0.3) is 17.7 Å². The Kier molecular flexibility index (Phi) is 4.80. The molecule has 25 heavy (non-hydrogen) atoms. The summed E-state index contributed by atoms with van der Waals surface area (Å²) in [7, 11) is 1.52. The molecular weight excluding hydrogens is 390 g/mol. The number of halogens is 1. The molecule has 1 aliphatic rings. The second-order valence-electron chi connectivity index (χ2n) is 5.26. The number of benzene rings is 1. The molecule has 1 N–H and O–H groups in total. The van der Waals surface area contributed by atoms with Crippen molar-refractivity contribution >= 4 is 33.7 Å². The molecule has 8 heteroatoms. The van der Waals surface area contributed by atoms with E-state index in [1.807, 2.05) is 0 Å². The number of ether oxygens (including phenoxy) is 1. The van der Waals surface area contributed by atoms with Gasteiger partial charge in [0.15, 0.2) is 0 Å². The Labute approximate surface area is 152 Å². The summed E-state index contributed by atoms with van der Waals surface area (Å²) < 4.78 is 5.73. The highest BCUT2D eigenvalue weighted by molar-refractivity contribution is 9.10. The highest BCUT2D eigenvalue weighted by Gasteiger charge is 2.36. The average molecular weight is 404 g/mol. The highest BCUT2D eigenvalue weighted by atomic mass is 79.9. The molecule has 1 aliphatic heterocycles. The maximum absolute atomic E-state index is 12.3. The molecule has 0 atom stereocenters. The number of hydrogen-bond donors (Lipinski definition) is 1. The number of amides is 3. The van der Waals surface area contributed by atoms with Gasteiger partial charge >= 0.3 is 0 Å². The van der Waals surface area contributed by atoms with Crippen LogP contribution >= 0.6 is 15.9 Å². The summed E-state index contributed by atoms with van der Waals surface area (Å²) in [5.74, 6) is -0.623. The fourth-order valence-corrected chi connectivity index (χ4v) is 2.93. The molecule has 7 nitrogen and oxygen atoms in total. The smallest absolute Gasteiger partial charge is 0.280 e. The minimum atomic E-state index is -0.447. The number of aromatic nitrogens is 1. The molecule has 0 radical (unpaired) electrons. The van der Waals surface area contributed by atoms with E-state index in [2.05, 4.69) is 26.2 Å². The lowest BCUT2D eigenvalue weighted by Crippen LogP contribution is -2.38. The Morgan fingerprint density at radius 1 is 1.28 bits per heavy atom. The third-order valence-corrected chi connectivity index (χ3v) is 4.46. The van der Waals surface area contributed by atoms with E-state index in [0.29, 0.717) is 15.8 Å². The van der Waals surface area contributed by atoms with E-state index in [9.17, 15) is 14.4 Å². The Morgan fingerprint density at radius 3 is 2.80 bits per heavy atom. The van der Waals surface area contributed by atoms with Gasteiger partial charge in [-0.2, -0.15) is 0 Å². The van der Waals surface area contributed by atoms with Gasteiger partial charge in [0, 0.05) is 23.8 Å². The number of methoxy groups -OCH3 is 1. The molecule has 1 aromatic carbocycles. The summed E-state index contributed by atoms with van der Waals surface area (Å²) in [4.78, 5) is 41.7. The fourth-order valence-electron chi connectivity index (χ4n) is 2.50. The molecule has 3 amide bonds. The third kappa shape index (κ3) is 3.25. The van der Waals surface area contributed by atoms with E-state index >= 15 is 0 Å². The monoisotopic (exact) mass is 403 g/mol. The molecule has 0 fully saturated rings. The van der Waals surface area contributed by atoms with Gasteiger partial charge in [-0.25, -0.2) is 0 Å². The Balaban J connectivity index is 1.63. The van der Waals surface area contributed by atoms with Crippen molar-refractivity contribution in [1.29, 1.82) is 0 Å². The van der Waals surface area contributed by atoms with Crippen molar-refractivity contribution in [3.05, 3.63) is 57.8 Å².